The average molecular weight is 194 g/mol. The van der Waals surface area contributed by atoms with E-state index in [2.05, 4.69) is 5.43 Å². The molecule has 0 heterocycles. The van der Waals surface area contributed by atoms with E-state index in [1.54, 1.807) is 17.1 Å². The van der Waals surface area contributed by atoms with Crippen molar-refractivity contribution in [2.45, 2.75) is 6.92 Å². The summed E-state index contributed by atoms with van der Waals surface area (Å²) in [5.41, 5.74) is 4.87. The Balaban J connectivity index is 3.09. The second-order valence-corrected chi connectivity index (χ2v) is 3.36. The molecule has 4 heteroatoms. The molecule has 0 saturated heterocycles. The first-order valence-electron chi connectivity index (χ1n) is 4.28. The van der Waals surface area contributed by atoms with E-state index in [0.29, 0.717) is 5.69 Å². The van der Waals surface area contributed by atoms with Crippen LogP contribution < -0.4 is 5.43 Å². The average Bonchev–Trinajstić information content (AvgIpc) is 2.01. The fourth-order valence-electron chi connectivity index (χ4n) is 1.18. The summed E-state index contributed by atoms with van der Waals surface area (Å²) in [4.78, 5) is 10.9. The molecule has 0 saturated carbocycles. The van der Waals surface area contributed by atoms with Gasteiger partial charge in [0.15, 0.2) is 0 Å². The molecule has 0 spiro atoms. The van der Waals surface area contributed by atoms with Crippen molar-refractivity contribution >= 4 is 11.7 Å². The maximum Gasteiger partial charge on any atom is 0.337 e. The number of anilines is 1. The first-order valence-corrected chi connectivity index (χ1v) is 4.28. The van der Waals surface area contributed by atoms with Crippen molar-refractivity contribution in [2.24, 2.45) is 0 Å². The van der Waals surface area contributed by atoms with Crippen molar-refractivity contribution in [3.05, 3.63) is 29.3 Å². The molecule has 0 aliphatic carbocycles. The molecule has 0 atom stereocenters. The summed E-state index contributed by atoms with van der Waals surface area (Å²) in [6.45, 7) is 1.92. The lowest BCUT2D eigenvalue weighted by molar-refractivity contribution is 0.0697. The lowest BCUT2D eigenvalue weighted by Crippen LogP contribution is -2.21. The van der Waals surface area contributed by atoms with Gasteiger partial charge in [0, 0.05) is 14.1 Å². The van der Waals surface area contributed by atoms with Crippen LogP contribution in [0.2, 0.25) is 0 Å². The van der Waals surface area contributed by atoms with E-state index < -0.39 is 5.97 Å². The summed E-state index contributed by atoms with van der Waals surface area (Å²) in [5.74, 6) is -0.922. The highest BCUT2D eigenvalue weighted by Gasteiger charge is 2.09. The van der Waals surface area contributed by atoms with E-state index in [1.807, 2.05) is 27.1 Å². The predicted octanol–water partition coefficient (Wildman–Crippen LogP) is 1.58. The Labute approximate surface area is 83.1 Å². The number of nitrogens with zero attached hydrogens (tertiary/aromatic N) is 1. The minimum absolute atomic E-state index is 0.282. The van der Waals surface area contributed by atoms with Gasteiger partial charge in [-0.2, -0.15) is 0 Å². The molecule has 0 bridgehead atoms. The maximum absolute atomic E-state index is 10.9. The van der Waals surface area contributed by atoms with Gasteiger partial charge in [0.25, 0.3) is 0 Å². The zero-order valence-corrected chi connectivity index (χ0v) is 8.53. The van der Waals surface area contributed by atoms with Gasteiger partial charge >= 0.3 is 5.97 Å². The molecule has 0 amide bonds. The second-order valence-electron chi connectivity index (χ2n) is 3.36. The minimum Gasteiger partial charge on any atom is -0.478 e. The van der Waals surface area contributed by atoms with Gasteiger partial charge in [-0.15, -0.1) is 0 Å². The number of nitrogens with one attached hydrogen (secondary N) is 1. The fourth-order valence-corrected chi connectivity index (χ4v) is 1.18. The van der Waals surface area contributed by atoms with Crippen LogP contribution in [-0.2, 0) is 0 Å². The second kappa shape index (κ2) is 4.11. The summed E-state index contributed by atoms with van der Waals surface area (Å²) in [6.07, 6.45) is 0. The quantitative estimate of drug-likeness (QED) is 0.717. The molecular weight excluding hydrogens is 180 g/mol. The number of carboxylic acid groups (broad SMARTS) is 1. The largest absolute Gasteiger partial charge is 0.478 e. The Morgan fingerprint density at radius 3 is 2.57 bits per heavy atom. The molecule has 0 radical (unpaired) electrons. The number of hydrogen-bond acceptors (Lipinski definition) is 3. The van der Waals surface area contributed by atoms with Crippen LogP contribution in [0.1, 0.15) is 15.9 Å². The van der Waals surface area contributed by atoms with Gasteiger partial charge in [0.2, 0.25) is 0 Å². The van der Waals surface area contributed by atoms with Gasteiger partial charge in [-0.25, -0.2) is 9.80 Å². The summed E-state index contributed by atoms with van der Waals surface area (Å²) >= 11 is 0. The van der Waals surface area contributed by atoms with Crippen LogP contribution in [0.3, 0.4) is 0 Å². The number of benzene rings is 1. The van der Waals surface area contributed by atoms with E-state index in [1.165, 1.54) is 0 Å². The smallest absolute Gasteiger partial charge is 0.337 e. The van der Waals surface area contributed by atoms with Crippen molar-refractivity contribution in [3.8, 4) is 0 Å². The Morgan fingerprint density at radius 1 is 1.43 bits per heavy atom. The molecule has 1 rings (SSSR count). The zero-order valence-electron chi connectivity index (χ0n) is 8.53. The lowest BCUT2D eigenvalue weighted by atomic mass is 10.1. The number of carbonyl (C=O) groups is 1. The number of carboxylic acids is 1. The van der Waals surface area contributed by atoms with Crippen LogP contribution in [0.4, 0.5) is 5.69 Å². The van der Waals surface area contributed by atoms with Crippen molar-refractivity contribution in [1.29, 1.82) is 0 Å². The number of aromatic carboxylic acids is 1. The van der Waals surface area contributed by atoms with Crippen LogP contribution in [0.15, 0.2) is 18.2 Å². The van der Waals surface area contributed by atoms with Crippen LogP contribution >= 0.6 is 0 Å². The molecule has 0 fully saturated rings. The Kier molecular flexibility index (Phi) is 3.09. The normalized spacial score (nSPS) is 10.3. The summed E-state index contributed by atoms with van der Waals surface area (Å²) in [5, 5.41) is 10.6. The van der Waals surface area contributed by atoms with Gasteiger partial charge < -0.3 is 10.5 Å². The molecule has 0 aliphatic rings. The number of hydrazine groups is 1. The standard InChI is InChI=1S/C10H14N2O2/c1-7-4-5-8(10(13)14)9(6-7)11-12(2)3/h4-6,11H,1-3H3,(H,13,14). The fraction of sp³-hybridized carbons (Fsp3) is 0.300. The van der Waals surface area contributed by atoms with Crippen molar-refractivity contribution in [2.75, 3.05) is 19.5 Å². The molecule has 1 aromatic carbocycles. The third-order valence-electron chi connectivity index (χ3n) is 1.75. The van der Waals surface area contributed by atoms with Crippen LogP contribution in [0, 0.1) is 6.92 Å². The molecule has 0 aliphatic heterocycles. The molecule has 76 valence electrons. The Hall–Kier alpha value is -1.55. The van der Waals surface area contributed by atoms with Crippen molar-refractivity contribution < 1.29 is 9.90 Å². The van der Waals surface area contributed by atoms with Crippen molar-refractivity contribution in [1.82, 2.24) is 5.01 Å². The molecule has 0 aromatic heterocycles. The van der Waals surface area contributed by atoms with E-state index in [0.717, 1.165) is 5.56 Å². The first-order chi connectivity index (χ1) is 6.50. The minimum atomic E-state index is -0.922. The first kappa shape index (κ1) is 10.5. The number of hydrogen-bond donors (Lipinski definition) is 2. The van der Waals surface area contributed by atoms with Crippen LogP contribution in [-0.4, -0.2) is 30.2 Å². The van der Waals surface area contributed by atoms with Crippen LogP contribution in [0.25, 0.3) is 0 Å². The molecule has 2 N–H and O–H groups in total. The topological polar surface area (TPSA) is 52.6 Å². The van der Waals surface area contributed by atoms with Gasteiger partial charge in [-0.05, 0) is 24.6 Å². The number of aryl methyl sites for hydroxylation is 1. The Morgan fingerprint density at radius 2 is 2.07 bits per heavy atom. The molecular formula is C10H14N2O2. The highest BCUT2D eigenvalue weighted by atomic mass is 16.4. The molecule has 14 heavy (non-hydrogen) atoms. The summed E-state index contributed by atoms with van der Waals surface area (Å²) < 4.78 is 0. The van der Waals surface area contributed by atoms with Gasteiger partial charge in [-0.1, -0.05) is 6.07 Å². The highest BCUT2D eigenvalue weighted by molar-refractivity contribution is 5.94. The van der Waals surface area contributed by atoms with E-state index in [9.17, 15) is 4.79 Å². The van der Waals surface area contributed by atoms with E-state index in [4.69, 9.17) is 5.11 Å². The summed E-state index contributed by atoms with van der Waals surface area (Å²) in [6, 6.07) is 5.19. The third kappa shape index (κ3) is 2.47. The van der Waals surface area contributed by atoms with Gasteiger partial charge in [0.05, 0.1) is 11.3 Å². The molecule has 4 nitrogen and oxygen atoms in total. The third-order valence-corrected chi connectivity index (χ3v) is 1.75. The lowest BCUT2D eigenvalue weighted by Gasteiger charge is -2.15. The van der Waals surface area contributed by atoms with Crippen LogP contribution in [0.5, 0.6) is 0 Å². The summed E-state index contributed by atoms with van der Waals surface area (Å²) in [7, 11) is 3.63. The predicted molar refractivity (Wildman–Crippen MR) is 55.4 cm³/mol. The highest BCUT2D eigenvalue weighted by Crippen LogP contribution is 2.17. The van der Waals surface area contributed by atoms with Gasteiger partial charge in [-0.3, -0.25) is 0 Å². The van der Waals surface area contributed by atoms with Gasteiger partial charge in [0.1, 0.15) is 0 Å². The molecule has 1 aromatic rings. The maximum atomic E-state index is 10.9. The van der Waals surface area contributed by atoms with E-state index in [-0.39, 0.29) is 5.56 Å². The van der Waals surface area contributed by atoms with E-state index >= 15 is 0 Å². The monoisotopic (exact) mass is 194 g/mol. The SMILES string of the molecule is Cc1ccc(C(=O)O)c(NN(C)C)c1. The molecule has 0 unspecified atom stereocenters. The van der Waals surface area contributed by atoms with Crippen molar-refractivity contribution in [3.63, 3.8) is 0 Å². The number of rotatable bonds is 3. The zero-order chi connectivity index (χ0) is 10.7. The Bertz CT molecular complexity index is 348.